The number of esters is 5. The summed E-state index contributed by atoms with van der Waals surface area (Å²) in [6.07, 6.45) is -1.63. The van der Waals surface area contributed by atoms with Gasteiger partial charge in [0, 0.05) is 28.3 Å². The van der Waals surface area contributed by atoms with Crippen LogP contribution < -0.4 is 0 Å². The molecule has 0 saturated carbocycles. The number of hydrogen-bond donors (Lipinski definition) is 3. The Kier molecular flexibility index (Phi) is 30.5. The Balaban J connectivity index is 0.000000314. The summed E-state index contributed by atoms with van der Waals surface area (Å²) in [4.78, 5) is 110. The van der Waals surface area contributed by atoms with Gasteiger partial charge in [-0.3, -0.25) is 4.79 Å². The zero-order valence-corrected chi connectivity index (χ0v) is 51.1. The van der Waals surface area contributed by atoms with E-state index in [4.69, 9.17) is 92.2 Å². The number of ether oxygens (including phenoxy) is 9. The molecule has 0 aliphatic carbocycles. The minimum atomic E-state index is -0.961. The van der Waals surface area contributed by atoms with Crippen LogP contribution >= 0.6 is 0 Å². The number of rotatable bonds is 14. The molecular formula is C64H76B2O23. The fourth-order valence-corrected chi connectivity index (χ4v) is 10.7. The third kappa shape index (κ3) is 18.7. The fourth-order valence-electron chi connectivity index (χ4n) is 10.7. The number of fused-ring (bicyclic) bond motifs is 1. The van der Waals surface area contributed by atoms with Crippen molar-refractivity contribution < 1.29 is 111 Å². The Morgan fingerprint density at radius 3 is 1.06 bits per heavy atom. The number of carbonyl (C=O) groups is 5. The van der Waals surface area contributed by atoms with Crippen LogP contribution in [0.25, 0.3) is 0 Å². The molecule has 4 aromatic rings. The van der Waals surface area contributed by atoms with Crippen LogP contribution in [0.4, 0.5) is 0 Å². The maximum atomic E-state index is 12.7. The van der Waals surface area contributed by atoms with Crippen molar-refractivity contribution in [3.8, 4) is 0 Å². The van der Waals surface area contributed by atoms with Crippen molar-refractivity contribution in [2.75, 3.05) is 13.2 Å². The van der Waals surface area contributed by atoms with Crippen LogP contribution in [0.15, 0.2) is 121 Å². The zero-order chi connectivity index (χ0) is 66.7. The molecule has 5 aliphatic heterocycles. The number of carbonyl (C=O) groups excluding carboxylic acids is 11. The van der Waals surface area contributed by atoms with E-state index in [1.807, 2.05) is 79.7 Å². The summed E-state index contributed by atoms with van der Waals surface area (Å²) in [5.41, 5.74) is -0.521. The number of benzene rings is 4. The maximum Gasteiger partial charge on any atom is 0.373 e. The first-order valence-corrected chi connectivity index (χ1v) is 28.6. The van der Waals surface area contributed by atoms with Crippen LogP contribution in [0.3, 0.4) is 0 Å². The second-order valence-corrected chi connectivity index (χ2v) is 21.7. The lowest BCUT2D eigenvalue weighted by atomic mass is 9.74. The molecule has 5 fully saturated rings. The average Bonchev–Trinajstić information content (AvgIpc) is 1.66. The van der Waals surface area contributed by atoms with Crippen LogP contribution in [0.1, 0.15) is 136 Å². The van der Waals surface area contributed by atoms with Crippen molar-refractivity contribution in [1.82, 2.24) is 0 Å². The van der Waals surface area contributed by atoms with Crippen molar-refractivity contribution in [2.45, 2.75) is 168 Å². The Bertz CT molecular complexity index is 2790. The first kappa shape index (κ1) is 75.5. The summed E-state index contributed by atoms with van der Waals surface area (Å²) in [6, 6.07) is 33.6. The largest absolute Gasteiger partial charge is 0.462 e. The lowest BCUT2D eigenvalue weighted by Crippen LogP contribution is -2.42. The Morgan fingerprint density at radius 1 is 0.483 bits per heavy atom. The molecule has 0 bridgehead atoms. The van der Waals surface area contributed by atoms with E-state index in [-0.39, 0.29) is 50.0 Å². The van der Waals surface area contributed by atoms with Crippen molar-refractivity contribution in [3.05, 3.63) is 144 Å². The van der Waals surface area contributed by atoms with Gasteiger partial charge in [0.05, 0.1) is 59.4 Å². The minimum Gasteiger partial charge on any atom is -0.462 e. The predicted molar refractivity (Wildman–Crippen MR) is 310 cm³/mol. The van der Waals surface area contributed by atoms with E-state index < -0.39 is 107 Å². The molecule has 16 atom stereocenters. The molecule has 3 N–H and O–H groups in total. The summed E-state index contributed by atoms with van der Waals surface area (Å²) in [7, 11) is 10.9. The number of hydrogen-bond acceptors (Lipinski definition) is 23. The minimum absolute atomic E-state index is 0.0882. The van der Waals surface area contributed by atoms with Crippen LogP contribution in [-0.4, -0.2) is 166 Å². The second-order valence-electron chi connectivity index (χ2n) is 21.7. The Morgan fingerprint density at radius 2 is 0.787 bits per heavy atom. The summed E-state index contributed by atoms with van der Waals surface area (Å²) < 4.78 is 50.2. The van der Waals surface area contributed by atoms with E-state index >= 15 is 0 Å². The summed E-state index contributed by atoms with van der Waals surface area (Å²) in [5, 5.41) is 28.2. The summed E-state index contributed by atoms with van der Waals surface area (Å²) >= 11 is 0. The molecule has 23 nitrogen and oxygen atoms in total. The van der Waals surface area contributed by atoms with Crippen LogP contribution in [-0.2, 0) is 76.2 Å². The molecule has 9 rings (SSSR count). The number of aliphatic hydroxyl groups excluding tert-OH is 3. The first-order valence-electron chi connectivity index (χ1n) is 28.6. The van der Waals surface area contributed by atoms with Gasteiger partial charge >= 0.3 is 48.3 Å². The standard InChI is InChI=1S/2C23H26O5.C8H15BO3.C7H9BO4.3CO2/c2*1-4-18-23(3,5-2)19(27-20(24)16-12-8-6-9-13-16)22(26-18)28-21(25)17-14-10-7-11-15-17;1-3-8(2)5(4-10)12-7(9)6(8)11;1-7-3(2-11-6(7)10)12-5(8)4(7)9;3*2-1-3/h2*6-15,18-19,22H,4-5H2,1-3H3;5-7,10-11H,3-4H2,1-2H3;3-5,9H,2H2,1H3;;;/t2*18?,19-,22?,23-;5?,6-,7+,8-;3?,4-,5+,7-;;;/m1010.../s1. The van der Waals surface area contributed by atoms with Gasteiger partial charge in [-0.15, -0.1) is 0 Å². The molecule has 25 heteroatoms. The van der Waals surface area contributed by atoms with Crippen LogP contribution in [0, 0.1) is 21.7 Å². The van der Waals surface area contributed by atoms with Gasteiger partial charge in [0.2, 0.25) is 12.6 Å². The Labute approximate surface area is 519 Å². The highest BCUT2D eigenvalue weighted by molar-refractivity contribution is 6.12. The molecular weight excluding hydrogens is 1160 g/mol. The fraction of sp³-hybridized carbons (Fsp3) is 0.500. The van der Waals surface area contributed by atoms with E-state index in [1.54, 1.807) is 104 Å². The molecule has 0 amide bonds. The molecule has 5 saturated heterocycles. The van der Waals surface area contributed by atoms with Crippen LogP contribution in [0.5, 0.6) is 0 Å². The van der Waals surface area contributed by atoms with E-state index in [1.165, 1.54) is 0 Å². The van der Waals surface area contributed by atoms with Gasteiger partial charge in [0.1, 0.15) is 33.8 Å². The smallest absolute Gasteiger partial charge is 0.373 e. The van der Waals surface area contributed by atoms with Crippen molar-refractivity contribution in [2.24, 2.45) is 21.7 Å². The number of aliphatic hydroxyl groups is 3. The van der Waals surface area contributed by atoms with Gasteiger partial charge in [0.15, 0.2) is 12.2 Å². The molecule has 5 heterocycles. The van der Waals surface area contributed by atoms with Crippen molar-refractivity contribution in [1.29, 1.82) is 0 Å². The molecule has 4 radical (unpaired) electrons. The second kappa shape index (κ2) is 36.0. The lowest BCUT2D eigenvalue weighted by molar-refractivity contribution is -0.193. The highest BCUT2D eigenvalue weighted by atomic mass is 16.7. The van der Waals surface area contributed by atoms with E-state index in [9.17, 15) is 34.2 Å². The highest BCUT2D eigenvalue weighted by Gasteiger charge is 2.61. The van der Waals surface area contributed by atoms with E-state index in [0.29, 0.717) is 22.3 Å². The Hall–Kier alpha value is -7.78. The highest BCUT2D eigenvalue weighted by Crippen LogP contribution is 2.48. The zero-order valence-electron chi connectivity index (χ0n) is 51.1. The van der Waals surface area contributed by atoms with Gasteiger partial charge in [-0.2, -0.15) is 28.8 Å². The average molecular weight is 1230 g/mol. The van der Waals surface area contributed by atoms with E-state index in [2.05, 4.69) is 0 Å². The quantitative estimate of drug-likeness (QED) is 0.0746. The SMILES string of the molecule is CCC1OC(OC(=O)c2ccccc2)[C@@H](OC(=O)c2ccccc2)[C@]1(C)CC.CCC1OC(OC(=O)c2ccccc2)[C@H](OC(=O)c2ccccc2)[C@@]1(C)CC.O=C=O.O=C=O.O=C=O.[B][C@@H]1OC2COC(=O)[C@]2(C)[C@H]1O.[B][C@H]1OC(CO)[C@@](C)(CC)[C@@H]1O. The van der Waals surface area contributed by atoms with Gasteiger partial charge in [0.25, 0.3) is 0 Å². The maximum absolute atomic E-state index is 12.7. The van der Waals surface area contributed by atoms with Gasteiger partial charge in [-0.1, -0.05) is 128 Å². The molecule has 4 aromatic carbocycles. The molecule has 89 heavy (non-hydrogen) atoms. The van der Waals surface area contributed by atoms with Crippen molar-refractivity contribution in [3.63, 3.8) is 0 Å². The van der Waals surface area contributed by atoms with Gasteiger partial charge in [-0.05, 0) is 87.6 Å². The molecule has 5 aliphatic rings. The number of cyclic esters (lactones) is 1. The summed E-state index contributed by atoms with van der Waals surface area (Å²) in [5.74, 6) is -2.33. The third-order valence-electron chi connectivity index (χ3n) is 16.8. The lowest BCUT2D eigenvalue weighted by Gasteiger charge is -2.33. The summed E-state index contributed by atoms with van der Waals surface area (Å²) in [6.45, 7) is 17.7. The monoisotopic (exact) mass is 1230 g/mol. The molecule has 0 spiro atoms. The molecule has 476 valence electrons. The van der Waals surface area contributed by atoms with Crippen LogP contribution in [0.2, 0.25) is 0 Å². The first-order chi connectivity index (χ1) is 42.3. The normalized spacial score (nSPS) is 30.5. The topological polar surface area (TPSA) is 332 Å². The third-order valence-corrected chi connectivity index (χ3v) is 16.8. The van der Waals surface area contributed by atoms with Crippen molar-refractivity contribution >= 4 is 64.0 Å². The molecule has 6 unspecified atom stereocenters. The van der Waals surface area contributed by atoms with E-state index in [0.717, 1.165) is 32.1 Å². The van der Waals surface area contributed by atoms with Gasteiger partial charge < -0.3 is 58.0 Å². The molecule has 0 aromatic heterocycles. The predicted octanol–water partition coefficient (Wildman–Crippen LogP) is 5.94. The van der Waals surface area contributed by atoms with Gasteiger partial charge in [-0.25, -0.2) is 19.2 Å².